The number of H-pyrrole nitrogens is 2. The van der Waals surface area contributed by atoms with Crippen LogP contribution >= 0.6 is 11.3 Å². The number of nitrogens with one attached hydrogen (secondary N) is 2. The number of rotatable bonds is 1. The number of carbonyl (C=O) groups is 1. The number of benzene rings is 1. The first-order valence-electron chi connectivity index (χ1n) is 8.48. The summed E-state index contributed by atoms with van der Waals surface area (Å²) < 4.78 is 0. The molecule has 26 heavy (non-hydrogen) atoms. The second kappa shape index (κ2) is 5.54. The molecule has 130 valence electrons. The lowest BCUT2D eigenvalue weighted by atomic mass is 10.0. The van der Waals surface area contributed by atoms with Crippen LogP contribution in [0.4, 0.5) is 0 Å². The molecular weight excluding hydrogens is 348 g/mol. The smallest absolute Gasteiger partial charge is 0.264 e. The zero-order chi connectivity index (χ0) is 17.8. The van der Waals surface area contributed by atoms with Crippen molar-refractivity contribution in [2.75, 3.05) is 6.54 Å². The van der Waals surface area contributed by atoms with Crippen LogP contribution in [0, 0.1) is 6.92 Å². The fourth-order valence-corrected chi connectivity index (χ4v) is 4.91. The largest absolute Gasteiger partial charge is 0.357 e. The summed E-state index contributed by atoms with van der Waals surface area (Å²) in [7, 11) is 0. The van der Waals surface area contributed by atoms with Crippen molar-refractivity contribution in [3.63, 3.8) is 0 Å². The molecule has 4 heterocycles. The molecule has 0 aliphatic carbocycles. The average molecular weight is 364 g/mol. The van der Waals surface area contributed by atoms with E-state index in [4.69, 9.17) is 0 Å². The van der Waals surface area contributed by atoms with E-state index in [0.717, 1.165) is 17.6 Å². The van der Waals surface area contributed by atoms with Crippen molar-refractivity contribution in [3.05, 3.63) is 62.6 Å². The van der Waals surface area contributed by atoms with E-state index in [1.807, 2.05) is 24.0 Å². The van der Waals surface area contributed by atoms with Crippen LogP contribution in [0.5, 0.6) is 0 Å². The van der Waals surface area contributed by atoms with Crippen LogP contribution in [0.15, 0.2) is 35.4 Å². The molecule has 0 radical (unpaired) electrons. The summed E-state index contributed by atoms with van der Waals surface area (Å²) in [5, 5.41) is 1.76. The van der Waals surface area contributed by atoms with Gasteiger partial charge in [-0.15, -0.1) is 11.3 Å². The van der Waals surface area contributed by atoms with Gasteiger partial charge in [0.05, 0.1) is 23.1 Å². The van der Waals surface area contributed by atoms with E-state index in [1.54, 1.807) is 0 Å². The van der Waals surface area contributed by atoms with Crippen LogP contribution in [0.25, 0.3) is 21.1 Å². The summed E-state index contributed by atoms with van der Waals surface area (Å²) in [4.78, 5) is 38.5. The number of hydrogen-bond donors (Lipinski definition) is 2. The van der Waals surface area contributed by atoms with E-state index in [2.05, 4.69) is 27.1 Å². The van der Waals surface area contributed by atoms with Crippen molar-refractivity contribution in [3.8, 4) is 0 Å². The molecule has 2 N–H and O–H groups in total. The molecule has 0 spiro atoms. The van der Waals surface area contributed by atoms with Gasteiger partial charge >= 0.3 is 0 Å². The second-order valence-electron chi connectivity index (χ2n) is 6.57. The van der Waals surface area contributed by atoms with Gasteiger partial charge in [-0.25, -0.2) is 4.98 Å². The summed E-state index contributed by atoms with van der Waals surface area (Å²) in [5.74, 6) is -0.0331. The van der Waals surface area contributed by atoms with Crippen molar-refractivity contribution in [2.45, 2.75) is 19.9 Å². The standard InChI is InChI=1S/C19H16N4O2S/c1-10-15-17(24)20-9-21-18(15)26-16(10)19(25)23-7-6-12-11-4-2-3-5-13(11)22-14(12)8-23/h2-5,9,22H,6-8H2,1H3,(H,20,21,24). The van der Waals surface area contributed by atoms with Gasteiger partial charge in [-0.2, -0.15) is 0 Å². The number of fused-ring (bicyclic) bond motifs is 4. The van der Waals surface area contributed by atoms with E-state index >= 15 is 0 Å². The van der Waals surface area contributed by atoms with Crippen LogP contribution in [0.1, 0.15) is 26.5 Å². The van der Waals surface area contributed by atoms with Crippen LogP contribution < -0.4 is 5.56 Å². The number of aromatic nitrogens is 3. The van der Waals surface area contributed by atoms with Gasteiger partial charge in [-0.3, -0.25) is 9.59 Å². The number of thiophene rings is 1. The van der Waals surface area contributed by atoms with Gasteiger partial charge in [0.15, 0.2) is 0 Å². The maximum atomic E-state index is 13.1. The molecule has 1 aliphatic heterocycles. The Labute approximate surface area is 152 Å². The van der Waals surface area contributed by atoms with Gasteiger partial charge < -0.3 is 14.9 Å². The van der Waals surface area contributed by atoms with E-state index in [0.29, 0.717) is 33.7 Å². The number of aryl methyl sites for hydroxylation is 1. The van der Waals surface area contributed by atoms with Gasteiger partial charge in [0, 0.05) is 23.1 Å². The number of amides is 1. The first kappa shape index (κ1) is 15.3. The minimum Gasteiger partial charge on any atom is -0.357 e. The quantitative estimate of drug-likeness (QED) is 0.545. The van der Waals surface area contributed by atoms with E-state index in [1.165, 1.54) is 28.6 Å². The Morgan fingerprint density at radius 3 is 3.00 bits per heavy atom. The molecule has 0 saturated heterocycles. The normalized spacial score (nSPS) is 14.1. The Kier molecular flexibility index (Phi) is 3.27. The molecule has 0 bridgehead atoms. The van der Waals surface area contributed by atoms with Crippen molar-refractivity contribution in [2.24, 2.45) is 0 Å². The molecule has 0 fully saturated rings. The molecule has 5 rings (SSSR count). The molecule has 0 unspecified atom stereocenters. The molecule has 1 aromatic carbocycles. The van der Waals surface area contributed by atoms with Crippen molar-refractivity contribution in [1.82, 2.24) is 19.9 Å². The third-order valence-electron chi connectivity index (χ3n) is 5.10. The highest BCUT2D eigenvalue weighted by Crippen LogP contribution is 2.31. The Bertz CT molecular complexity index is 1230. The lowest BCUT2D eigenvalue weighted by Crippen LogP contribution is -2.35. The number of para-hydroxylation sites is 1. The van der Waals surface area contributed by atoms with E-state index in [9.17, 15) is 9.59 Å². The number of hydrogen-bond acceptors (Lipinski definition) is 4. The molecule has 3 aromatic heterocycles. The predicted molar refractivity (Wildman–Crippen MR) is 102 cm³/mol. The van der Waals surface area contributed by atoms with E-state index in [-0.39, 0.29) is 11.5 Å². The zero-order valence-corrected chi connectivity index (χ0v) is 14.9. The lowest BCUT2D eigenvalue weighted by Gasteiger charge is -2.27. The second-order valence-corrected chi connectivity index (χ2v) is 7.57. The van der Waals surface area contributed by atoms with Gasteiger partial charge in [0.2, 0.25) is 0 Å². The number of aromatic amines is 2. The molecule has 0 atom stereocenters. The van der Waals surface area contributed by atoms with Gasteiger partial charge in [0.1, 0.15) is 4.83 Å². The summed E-state index contributed by atoms with van der Waals surface area (Å²) in [6.45, 7) is 3.05. The first-order chi connectivity index (χ1) is 12.6. The summed E-state index contributed by atoms with van der Waals surface area (Å²) in [5.41, 5.74) is 4.03. The predicted octanol–water partition coefficient (Wildman–Crippen LogP) is 2.97. The van der Waals surface area contributed by atoms with Crippen LogP contribution in [0.3, 0.4) is 0 Å². The first-order valence-corrected chi connectivity index (χ1v) is 9.29. The molecule has 1 amide bonds. The highest BCUT2D eigenvalue weighted by Gasteiger charge is 2.27. The third-order valence-corrected chi connectivity index (χ3v) is 6.28. The topological polar surface area (TPSA) is 81.8 Å². The van der Waals surface area contributed by atoms with Crippen LogP contribution in [-0.2, 0) is 13.0 Å². The zero-order valence-electron chi connectivity index (χ0n) is 14.1. The fraction of sp³-hybridized carbons (Fsp3) is 0.211. The molecular formula is C19H16N4O2S. The number of nitrogens with zero attached hydrogens (tertiary/aromatic N) is 2. The van der Waals surface area contributed by atoms with Crippen molar-refractivity contribution in [1.29, 1.82) is 0 Å². The van der Waals surface area contributed by atoms with Crippen molar-refractivity contribution < 1.29 is 4.79 Å². The van der Waals surface area contributed by atoms with Crippen LogP contribution in [-0.4, -0.2) is 32.3 Å². The third kappa shape index (κ3) is 2.13. The molecule has 7 heteroatoms. The maximum Gasteiger partial charge on any atom is 0.264 e. The molecule has 0 saturated carbocycles. The van der Waals surface area contributed by atoms with Gasteiger partial charge in [-0.1, -0.05) is 18.2 Å². The molecule has 4 aromatic rings. The average Bonchev–Trinajstić information content (AvgIpc) is 3.19. The van der Waals surface area contributed by atoms with E-state index < -0.39 is 0 Å². The van der Waals surface area contributed by atoms with Gasteiger partial charge in [0.25, 0.3) is 11.5 Å². The Morgan fingerprint density at radius 2 is 2.15 bits per heavy atom. The highest BCUT2D eigenvalue weighted by molar-refractivity contribution is 7.20. The minimum absolute atomic E-state index is 0.0331. The monoisotopic (exact) mass is 364 g/mol. The van der Waals surface area contributed by atoms with Crippen molar-refractivity contribution >= 4 is 38.4 Å². The highest BCUT2D eigenvalue weighted by atomic mass is 32.1. The Morgan fingerprint density at radius 1 is 1.31 bits per heavy atom. The fourth-order valence-electron chi connectivity index (χ4n) is 3.79. The molecule has 6 nitrogen and oxygen atoms in total. The minimum atomic E-state index is -0.195. The Hall–Kier alpha value is -2.93. The summed E-state index contributed by atoms with van der Waals surface area (Å²) >= 11 is 1.29. The summed E-state index contributed by atoms with van der Waals surface area (Å²) in [6.07, 6.45) is 2.21. The lowest BCUT2D eigenvalue weighted by molar-refractivity contribution is 0.0737. The number of carbonyl (C=O) groups excluding carboxylic acids is 1. The van der Waals surface area contributed by atoms with Crippen LogP contribution in [0.2, 0.25) is 0 Å². The SMILES string of the molecule is Cc1c(C(=O)N2CCc3c([nH]c4ccccc34)C2)sc2nc[nH]c(=O)c12. The molecule has 1 aliphatic rings. The Balaban J connectivity index is 1.53. The van der Waals surface area contributed by atoms with Gasteiger partial charge in [-0.05, 0) is 30.5 Å². The maximum absolute atomic E-state index is 13.1. The summed E-state index contributed by atoms with van der Waals surface area (Å²) in [6, 6.07) is 8.24.